The summed E-state index contributed by atoms with van der Waals surface area (Å²) in [6.07, 6.45) is 1.49. The fourth-order valence-corrected chi connectivity index (χ4v) is 2.93. The van der Waals surface area contributed by atoms with Crippen molar-refractivity contribution in [2.75, 3.05) is 0 Å². The van der Waals surface area contributed by atoms with Crippen LogP contribution in [0.5, 0.6) is 0 Å². The van der Waals surface area contributed by atoms with Crippen LogP contribution in [0.2, 0.25) is 0 Å². The molecule has 0 bridgehead atoms. The summed E-state index contributed by atoms with van der Waals surface area (Å²) < 4.78 is 16.3. The molecule has 0 spiro atoms. The zero-order valence-electron chi connectivity index (χ0n) is 14.2. The predicted octanol–water partition coefficient (Wildman–Crippen LogP) is 3.14. The lowest BCUT2D eigenvalue weighted by molar-refractivity contribution is 0.0924. The van der Waals surface area contributed by atoms with Crippen molar-refractivity contribution in [3.8, 4) is 0 Å². The minimum atomic E-state index is -0.762. The lowest BCUT2D eigenvalue weighted by Gasteiger charge is -2.13. The van der Waals surface area contributed by atoms with E-state index in [1.807, 2.05) is 0 Å². The fourth-order valence-electron chi connectivity index (χ4n) is 2.63. The zero-order chi connectivity index (χ0) is 18.8. The number of carbonyl (C=O) groups is 1. The molecule has 134 valence electrons. The van der Waals surface area contributed by atoms with Crippen molar-refractivity contribution in [1.82, 2.24) is 19.6 Å². The normalized spacial score (nSPS) is 12.2. The summed E-state index contributed by atoms with van der Waals surface area (Å²) >= 11 is 3.21. The van der Waals surface area contributed by atoms with E-state index in [4.69, 9.17) is 0 Å². The number of rotatable bonds is 5. The highest BCUT2D eigenvalue weighted by Crippen LogP contribution is 2.17. The van der Waals surface area contributed by atoms with E-state index in [0.29, 0.717) is 22.4 Å². The van der Waals surface area contributed by atoms with Crippen molar-refractivity contribution in [3.05, 3.63) is 80.2 Å². The molecule has 0 saturated carbocycles. The van der Waals surface area contributed by atoms with Crippen LogP contribution in [0.3, 0.4) is 0 Å². The molecular formula is C18H16BrFN4O2. The van der Waals surface area contributed by atoms with Gasteiger partial charge < -0.3 is 0 Å². The second kappa shape index (κ2) is 7.33. The molecule has 1 unspecified atom stereocenters. The number of Topliss-reactive ketones (excluding diaryl/α,β-unsaturated/α-hetero) is 1. The maximum absolute atomic E-state index is 13.0. The first kappa shape index (κ1) is 18.2. The van der Waals surface area contributed by atoms with Gasteiger partial charge >= 0.3 is 0 Å². The van der Waals surface area contributed by atoms with Gasteiger partial charge in [0.1, 0.15) is 16.5 Å². The molecule has 1 atom stereocenters. The zero-order valence-corrected chi connectivity index (χ0v) is 15.8. The van der Waals surface area contributed by atoms with Gasteiger partial charge in [-0.1, -0.05) is 12.1 Å². The first-order valence-electron chi connectivity index (χ1n) is 7.93. The van der Waals surface area contributed by atoms with Gasteiger partial charge in [0, 0.05) is 11.8 Å². The van der Waals surface area contributed by atoms with Crippen LogP contribution >= 0.6 is 15.9 Å². The number of carbonyl (C=O) groups excluding carboxylic acids is 1. The topological polar surface area (TPSA) is 69.8 Å². The third-order valence-electron chi connectivity index (χ3n) is 4.15. The van der Waals surface area contributed by atoms with Gasteiger partial charge in [-0.15, -0.1) is 0 Å². The molecule has 1 aromatic carbocycles. The Morgan fingerprint density at radius 3 is 2.62 bits per heavy atom. The summed E-state index contributed by atoms with van der Waals surface area (Å²) in [5.74, 6) is -0.553. The van der Waals surface area contributed by atoms with Crippen molar-refractivity contribution in [2.45, 2.75) is 26.4 Å². The molecule has 0 N–H and O–H groups in total. The van der Waals surface area contributed by atoms with Crippen LogP contribution in [0.4, 0.5) is 4.39 Å². The van der Waals surface area contributed by atoms with Gasteiger partial charge in [-0.25, -0.2) is 9.07 Å². The monoisotopic (exact) mass is 418 g/mol. The molecule has 0 aliphatic carbocycles. The van der Waals surface area contributed by atoms with Gasteiger partial charge in [0.15, 0.2) is 5.78 Å². The summed E-state index contributed by atoms with van der Waals surface area (Å²) in [5.41, 5.74) is 1.61. The van der Waals surface area contributed by atoms with Crippen LogP contribution in [0.15, 0.2) is 52.0 Å². The summed E-state index contributed by atoms with van der Waals surface area (Å²) in [6, 6.07) is 8.23. The molecule has 0 fully saturated rings. The second-order valence-electron chi connectivity index (χ2n) is 5.91. The molecule has 6 nitrogen and oxygen atoms in total. The number of benzene rings is 1. The van der Waals surface area contributed by atoms with E-state index < -0.39 is 6.04 Å². The smallest absolute Gasteiger partial charge is 0.267 e. The molecule has 26 heavy (non-hydrogen) atoms. The number of hydrogen-bond acceptors (Lipinski definition) is 4. The number of halogens is 2. The van der Waals surface area contributed by atoms with E-state index in [9.17, 15) is 14.0 Å². The molecule has 2 aromatic heterocycles. The summed E-state index contributed by atoms with van der Waals surface area (Å²) in [5, 5.41) is 8.32. The standard InChI is InChI=1S/C18H16BrFN4O2/c1-11-15(9-21-23(11)10-13-3-5-14(20)6-4-13)18(26)12(2)24-17(25)8-7-16(19)22-24/h3-9,12H,10H2,1-2H3. The Morgan fingerprint density at radius 2 is 1.92 bits per heavy atom. The first-order valence-corrected chi connectivity index (χ1v) is 8.72. The van der Waals surface area contributed by atoms with E-state index in [2.05, 4.69) is 26.1 Å². The SMILES string of the molecule is Cc1c(C(=O)C(C)n2nc(Br)ccc2=O)cnn1Cc1ccc(F)cc1. The minimum absolute atomic E-state index is 0.249. The lowest BCUT2D eigenvalue weighted by Crippen LogP contribution is -2.30. The highest BCUT2D eigenvalue weighted by molar-refractivity contribution is 9.10. The molecule has 0 radical (unpaired) electrons. The summed E-state index contributed by atoms with van der Waals surface area (Å²) in [7, 11) is 0. The van der Waals surface area contributed by atoms with Crippen molar-refractivity contribution >= 4 is 21.7 Å². The summed E-state index contributed by atoms with van der Waals surface area (Å²) in [4.78, 5) is 24.8. The Bertz CT molecular complexity index is 1010. The van der Waals surface area contributed by atoms with Gasteiger partial charge in [-0.05, 0) is 53.5 Å². The molecular weight excluding hydrogens is 403 g/mol. The van der Waals surface area contributed by atoms with E-state index >= 15 is 0 Å². The Morgan fingerprint density at radius 1 is 1.23 bits per heavy atom. The quantitative estimate of drug-likeness (QED) is 0.596. The highest BCUT2D eigenvalue weighted by atomic mass is 79.9. The van der Waals surface area contributed by atoms with Crippen molar-refractivity contribution < 1.29 is 9.18 Å². The molecule has 0 amide bonds. The van der Waals surface area contributed by atoms with Gasteiger partial charge in [-0.3, -0.25) is 14.3 Å². The second-order valence-corrected chi connectivity index (χ2v) is 6.72. The maximum Gasteiger partial charge on any atom is 0.267 e. The van der Waals surface area contributed by atoms with E-state index in [1.54, 1.807) is 30.7 Å². The minimum Gasteiger partial charge on any atom is -0.292 e. The molecule has 8 heteroatoms. The molecule has 3 aromatic rings. The van der Waals surface area contributed by atoms with Gasteiger partial charge in [0.25, 0.3) is 5.56 Å². The van der Waals surface area contributed by atoms with Gasteiger partial charge in [0.2, 0.25) is 0 Å². The lowest BCUT2D eigenvalue weighted by atomic mass is 10.1. The average Bonchev–Trinajstić information content (AvgIpc) is 2.98. The Kier molecular flexibility index (Phi) is 5.13. The largest absolute Gasteiger partial charge is 0.292 e. The van der Waals surface area contributed by atoms with Gasteiger partial charge in [0.05, 0.1) is 18.3 Å². The molecule has 0 saturated heterocycles. The van der Waals surface area contributed by atoms with E-state index in [-0.39, 0.29) is 17.2 Å². The molecule has 0 aliphatic rings. The predicted molar refractivity (Wildman–Crippen MR) is 97.7 cm³/mol. The van der Waals surface area contributed by atoms with Crippen molar-refractivity contribution in [3.63, 3.8) is 0 Å². The van der Waals surface area contributed by atoms with Crippen LogP contribution in [0.1, 0.15) is 34.6 Å². The van der Waals surface area contributed by atoms with Gasteiger partial charge in [-0.2, -0.15) is 10.2 Å². The summed E-state index contributed by atoms with van der Waals surface area (Å²) in [6.45, 7) is 3.83. The third-order valence-corrected chi connectivity index (χ3v) is 4.58. The molecule has 2 heterocycles. The van der Waals surface area contributed by atoms with E-state index in [0.717, 1.165) is 10.2 Å². The number of ketones is 1. The number of aromatic nitrogens is 4. The van der Waals surface area contributed by atoms with Crippen LogP contribution < -0.4 is 5.56 Å². The fraction of sp³-hybridized carbons (Fsp3) is 0.222. The van der Waals surface area contributed by atoms with Crippen LogP contribution in [-0.2, 0) is 6.54 Å². The molecule has 0 aliphatic heterocycles. The van der Waals surface area contributed by atoms with Crippen molar-refractivity contribution in [2.24, 2.45) is 0 Å². The third kappa shape index (κ3) is 3.65. The maximum atomic E-state index is 13.0. The van der Waals surface area contributed by atoms with Crippen LogP contribution in [0.25, 0.3) is 0 Å². The Balaban J connectivity index is 1.86. The highest BCUT2D eigenvalue weighted by Gasteiger charge is 2.23. The first-order chi connectivity index (χ1) is 12.4. The molecule has 3 rings (SSSR count). The average molecular weight is 419 g/mol. The van der Waals surface area contributed by atoms with Crippen LogP contribution in [-0.4, -0.2) is 25.3 Å². The number of nitrogens with zero attached hydrogens (tertiary/aromatic N) is 4. The van der Waals surface area contributed by atoms with Crippen molar-refractivity contribution in [1.29, 1.82) is 0 Å². The Labute approximate surface area is 157 Å². The number of hydrogen-bond donors (Lipinski definition) is 0. The van der Waals surface area contributed by atoms with E-state index in [1.165, 1.54) is 30.5 Å². The van der Waals surface area contributed by atoms with Crippen LogP contribution in [0, 0.1) is 12.7 Å². The Hall–Kier alpha value is -2.61.